The van der Waals surface area contributed by atoms with Crippen LogP contribution in [0, 0.1) is 0 Å². The Morgan fingerprint density at radius 1 is 1.33 bits per heavy atom. The molecule has 0 spiro atoms. The van der Waals surface area contributed by atoms with Gasteiger partial charge in [0.25, 0.3) is 5.91 Å². The van der Waals surface area contributed by atoms with Crippen LogP contribution >= 0.6 is 11.3 Å². The van der Waals surface area contributed by atoms with Gasteiger partial charge in [0.05, 0.1) is 27.7 Å². The third kappa shape index (κ3) is 2.82. The van der Waals surface area contributed by atoms with E-state index in [2.05, 4.69) is 18.9 Å². The van der Waals surface area contributed by atoms with Gasteiger partial charge in [-0.05, 0) is 45.2 Å². The molecule has 0 aromatic carbocycles. The summed E-state index contributed by atoms with van der Waals surface area (Å²) in [6, 6.07) is 6.11. The van der Waals surface area contributed by atoms with Gasteiger partial charge in [0.2, 0.25) is 0 Å². The number of nitrogens with zero attached hydrogens (tertiary/aromatic N) is 4. The second-order valence-electron chi connectivity index (χ2n) is 5.93. The third-order valence-electron chi connectivity index (χ3n) is 4.11. The second-order valence-corrected chi connectivity index (χ2v) is 6.88. The van der Waals surface area contributed by atoms with Crippen molar-refractivity contribution in [1.82, 2.24) is 19.7 Å². The first-order chi connectivity index (χ1) is 11.6. The van der Waals surface area contributed by atoms with Crippen LogP contribution in [0.1, 0.15) is 44.1 Å². The number of fused-ring (bicyclic) bond motifs is 1. The molecule has 0 aliphatic heterocycles. The Kier molecular flexibility index (Phi) is 4.66. The van der Waals surface area contributed by atoms with Gasteiger partial charge in [-0.2, -0.15) is 5.10 Å². The lowest BCUT2D eigenvalue weighted by molar-refractivity contribution is 0.0775. The summed E-state index contributed by atoms with van der Waals surface area (Å²) in [6.07, 6.45) is 1.76. The van der Waals surface area contributed by atoms with Crippen LogP contribution in [0.15, 0.2) is 29.8 Å². The van der Waals surface area contributed by atoms with Gasteiger partial charge < -0.3 is 4.90 Å². The quantitative estimate of drug-likeness (QED) is 0.697. The molecule has 3 rings (SSSR count). The number of rotatable bonds is 5. The molecular formula is C18H22N4OS. The minimum atomic E-state index is 0.0357. The first-order valence-corrected chi connectivity index (χ1v) is 9.16. The van der Waals surface area contributed by atoms with Crippen molar-refractivity contribution < 1.29 is 4.79 Å². The number of carbonyl (C=O) groups excluding carboxylic acids is 1. The summed E-state index contributed by atoms with van der Waals surface area (Å²) in [5.74, 6) is 0.0357. The summed E-state index contributed by atoms with van der Waals surface area (Å²) in [5.41, 5.74) is 2.28. The van der Waals surface area contributed by atoms with Crippen LogP contribution < -0.4 is 0 Å². The second kappa shape index (κ2) is 6.73. The Hall–Kier alpha value is -2.21. The molecule has 0 radical (unpaired) electrons. The van der Waals surface area contributed by atoms with Crippen LogP contribution in [-0.4, -0.2) is 38.7 Å². The molecule has 3 aromatic rings. The van der Waals surface area contributed by atoms with Crippen molar-refractivity contribution in [2.24, 2.45) is 0 Å². The maximum atomic E-state index is 13.0. The summed E-state index contributed by atoms with van der Waals surface area (Å²) >= 11 is 1.62. The summed E-state index contributed by atoms with van der Waals surface area (Å²) in [4.78, 5) is 20.7. The van der Waals surface area contributed by atoms with Crippen molar-refractivity contribution in [3.8, 4) is 10.6 Å². The average Bonchev–Trinajstić information content (AvgIpc) is 3.24. The minimum Gasteiger partial charge on any atom is -0.339 e. The highest BCUT2D eigenvalue weighted by Crippen LogP contribution is 2.29. The number of thiophene rings is 1. The van der Waals surface area contributed by atoms with Crippen LogP contribution in [0.2, 0.25) is 0 Å². The van der Waals surface area contributed by atoms with E-state index >= 15 is 0 Å². The molecule has 3 heterocycles. The highest BCUT2D eigenvalue weighted by Gasteiger charge is 2.21. The molecule has 0 N–H and O–H groups in total. The van der Waals surface area contributed by atoms with E-state index in [0.717, 1.165) is 21.6 Å². The molecule has 3 aromatic heterocycles. The number of hydrogen-bond acceptors (Lipinski definition) is 4. The Balaban J connectivity index is 2.25. The van der Waals surface area contributed by atoms with E-state index in [4.69, 9.17) is 4.98 Å². The number of hydrogen-bond donors (Lipinski definition) is 0. The Bertz CT molecular complexity index is 847. The predicted octanol–water partition coefficient (Wildman–Crippen LogP) is 4.22. The van der Waals surface area contributed by atoms with E-state index in [-0.39, 0.29) is 11.9 Å². The van der Waals surface area contributed by atoms with Gasteiger partial charge in [0, 0.05) is 19.1 Å². The monoisotopic (exact) mass is 342 g/mol. The van der Waals surface area contributed by atoms with Crippen molar-refractivity contribution >= 4 is 28.3 Å². The topological polar surface area (TPSA) is 51.0 Å². The zero-order chi connectivity index (χ0) is 17.3. The van der Waals surface area contributed by atoms with Crippen LogP contribution in [-0.2, 0) is 0 Å². The fourth-order valence-corrected chi connectivity index (χ4v) is 3.49. The molecule has 0 unspecified atom stereocenters. The van der Waals surface area contributed by atoms with Crippen molar-refractivity contribution in [2.75, 3.05) is 13.1 Å². The molecule has 24 heavy (non-hydrogen) atoms. The standard InChI is InChI=1S/C18H22N4OS/c1-5-21(6-2)18(23)13-10-15(16-8-7-9-24-16)20-17-14(13)11-19-22(17)12(3)4/h7-12H,5-6H2,1-4H3. The zero-order valence-corrected chi connectivity index (χ0v) is 15.3. The molecule has 0 saturated heterocycles. The summed E-state index contributed by atoms with van der Waals surface area (Å²) < 4.78 is 1.88. The lowest BCUT2D eigenvalue weighted by Gasteiger charge is -2.19. The van der Waals surface area contributed by atoms with E-state index < -0.39 is 0 Å². The van der Waals surface area contributed by atoms with Gasteiger partial charge >= 0.3 is 0 Å². The third-order valence-corrected chi connectivity index (χ3v) is 5.00. The predicted molar refractivity (Wildman–Crippen MR) is 98.5 cm³/mol. The van der Waals surface area contributed by atoms with Gasteiger partial charge in [0.15, 0.2) is 5.65 Å². The van der Waals surface area contributed by atoms with Crippen LogP contribution in [0.4, 0.5) is 0 Å². The van der Waals surface area contributed by atoms with E-state index in [1.807, 2.05) is 47.0 Å². The van der Waals surface area contributed by atoms with Crippen LogP contribution in [0.3, 0.4) is 0 Å². The summed E-state index contributed by atoms with van der Waals surface area (Å²) in [5, 5.41) is 7.30. The fraction of sp³-hybridized carbons (Fsp3) is 0.389. The van der Waals surface area contributed by atoms with E-state index in [9.17, 15) is 4.79 Å². The molecular weight excluding hydrogens is 320 g/mol. The molecule has 6 heteroatoms. The lowest BCUT2D eigenvalue weighted by atomic mass is 10.1. The molecule has 0 saturated carbocycles. The molecule has 0 bridgehead atoms. The average molecular weight is 342 g/mol. The van der Waals surface area contributed by atoms with Gasteiger partial charge in [0.1, 0.15) is 0 Å². The van der Waals surface area contributed by atoms with Gasteiger partial charge in [-0.1, -0.05) is 6.07 Å². The normalized spacial score (nSPS) is 11.4. The first kappa shape index (κ1) is 16.6. The van der Waals surface area contributed by atoms with Gasteiger partial charge in [-0.25, -0.2) is 9.67 Å². The largest absolute Gasteiger partial charge is 0.339 e. The van der Waals surface area contributed by atoms with E-state index in [1.165, 1.54) is 0 Å². The molecule has 5 nitrogen and oxygen atoms in total. The van der Waals surface area contributed by atoms with Crippen LogP contribution in [0.25, 0.3) is 21.6 Å². The Labute approximate surface area is 145 Å². The first-order valence-electron chi connectivity index (χ1n) is 8.28. The zero-order valence-electron chi connectivity index (χ0n) is 14.5. The molecule has 0 aliphatic rings. The molecule has 126 valence electrons. The van der Waals surface area contributed by atoms with E-state index in [0.29, 0.717) is 18.7 Å². The van der Waals surface area contributed by atoms with Crippen molar-refractivity contribution in [1.29, 1.82) is 0 Å². The highest BCUT2D eigenvalue weighted by atomic mass is 32.1. The maximum absolute atomic E-state index is 13.0. The molecule has 0 aliphatic carbocycles. The Morgan fingerprint density at radius 3 is 2.67 bits per heavy atom. The SMILES string of the molecule is CCN(CC)C(=O)c1cc(-c2cccs2)nc2c1cnn2C(C)C. The summed E-state index contributed by atoms with van der Waals surface area (Å²) in [7, 11) is 0. The number of carbonyl (C=O) groups is 1. The van der Waals surface area contributed by atoms with Crippen molar-refractivity contribution in [3.63, 3.8) is 0 Å². The Morgan fingerprint density at radius 2 is 2.08 bits per heavy atom. The molecule has 1 amide bonds. The maximum Gasteiger partial charge on any atom is 0.254 e. The number of amides is 1. The lowest BCUT2D eigenvalue weighted by Crippen LogP contribution is -2.30. The number of aromatic nitrogens is 3. The smallest absolute Gasteiger partial charge is 0.254 e. The minimum absolute atomic E-state index is 0.0357. The van der Waals surface area contributed by atoms with Gasteiger partial charge in [-0.15, -0.1) is 11.3 Å². The van der Waals surface area contributed by atoms with Crippen molar-refractivity contribution in [2.45, 2.75) is 33.7 Å². The molecule has 0 atom stereocenters. The van der Waals surface area contributed by atoms with Crippen LogP contribution in [0.5, 0.6) is 0 Å². The highest BCUT2D eigenvalue weighted by molar-refractivity contribution is 7.13. The summed E-state index contributed by atoms with van der Waals surface area (Å²) in [6.45, 7) is 9.50. The van der Waals surface area contributed by atoms with E-state index in [1.54, 1.807) is 17.5 Å². The van der Waals surface area contributed by atoms with Crippen molar-refractivity contribution in [3.05, 3.63) is 35.3 Å². The molecule has 0 fully saturated rings. The van der Waals surface area contributed by atoms with Gasteiger partial charge in [-0.3, -0.25) is 4.79 Å². The number of pyridine rings is 1. The fourth-order valence-electron chi connectivity index (χ4n) is 2.80.